The topological polar surface area (TPSA) is 96.6 Å². The highest BCUT2D eigenvalue weighted by Crippen LogP contribution is 2.11. The van der Waals surface area contributed by atoms with Crippen LogP contribution in [-0.2, 0) is 16.4 Å². The third-order valence-electron chi connectivity index (χ3n) is 2.71. The predicted octanol–water partition coefficient (Wildman–Crippen LogP) is 1.92. The van der Waals surface area contributed by atoms with Crippen LogP contribution in [0, 0.1) is 0 Å². The zero-order valence-corrected chi connectivity index (χ0v) is 16.5. The van der Waals surface area contributed by atoms with Gasteiger partial charge in [-0.25, -0.2) is 13.1 Å². The lowest BCUT2D eigenvalue weighted by Crippen LogP contribution is -2.45. The lowest BCUT2D eigenvalue weighted by Gasteiger charge is -2.22. The Hall–Kier alpha value is -0.870. The molecule has 0 aromatic heterocycles. The van der Waals surface area contributed by atoms with E-state index < -0.39 is 15.6 Å². The molecule has 1 aromatic rings. The average Bonchev–Trinajstić information content (AvgIpc) is 2.34. The molecule has 0 heterocycles. The summed E-state index contributed by atoms with van der Waals surface area (Å²) in [5.74, 6) is 0.256. The highest BCUT2D eigenvalue weighted by atomic mass is 127. The number of nitrogens with zero attached hydrogens (tertiary/aromatic N) is 1. The molecule has 0 unspecified atom stereocenters. The SMILES string of the molecule is CCc1cccc(NC(N)=NCC(C)(C)NS(C)(=O)=O)c1.I. The van der Waals surface area contributed by atoms with Crippen LogP contribution in [0.2, 0.25) is 0 Å². The molecule has 0 saturated heterocycles. The Morgan fingerprint density at radius 2 is 2.00 bits per heavy atom. The van der Waals surface area contributed by atoms with Crippen LogP contribution in [0.4, 0.5) is 5.69 Å². The van der Waals surface area contributed by atoms with E-state index in [2.05, 4.69) is 22.0 Å². The van der Waals surface area contributed by atoms with Gasteiger partial charge in [0, 0.05) is 11.2 Å². The van der Waals surface area contributed by atoms with E-state index in [1.54, 1.807) is 13.8 Å². The summed E-state index contributed by atoms with van der Waals surface area (Å²) in [6.07, 6.45) is 2.06. The minimum Gasteiger partial charge on any atom is -0.370 e. The molecule has 6 nitrogen and oxygen atoms in total. The molecule has 8 heteroatoms. The van der Waals surface area contributed by atoms with Crippen LogP contribution in [-0.4, -0.2) is 32.7 Å². The highest BCUT2D eigenvalue weighted by Gasteiger charge is 2.21. The number of benzene rings is 1. The maximum Gasteiger partial charge on any atom is 0.209 e. The first-order chi connectivity index (χ1) is 9.61. The van der Waals surface area contributed by atoms with Crippen molar-refractivity contribution in [2.24, 2.45) is 10.7 Å². The second-order valence-electron chi connectivity index (χ2n) is 5.64. The van der Waals surface area contributed by atoms with Crippen LogP contribution in [0.1, 0.15) is 26.3 Å². The van der Waals surface area contributed by atoms with Gasteiger partial charge in [-0.3, -0.25) is 4.99 Å². The number of aliphatic imine (C=N–C) groups is 1. The fourth-order valence-electron chi connectivity index (χ4n) is 1.87. The summed E-state index contributed by atoms with van der Waals surface area (Å²) < 4.78 is 25.0. The van der Waals surface area contributed by atoms with E-state index >= 15 is 0 Å². The molecule has 4 N–H and O–H groups in total. The van der Waals surface area contributed by atoms with Crippen LogP contribution in [0.15, 0.2) is 29.3 Å². The molecule has 0 fully saturated rings. The van der Waals surface area contributed by atoms with Crippen LogP contribution in [0.25, 0.3) is 0 Å². The summed E-state index contributed by atoms with van der Waals surface area (Å²) in [5, 5.41) is 3.00. The Balaban J connectivity index is 0.00000441. The fourth-order valence-corrected chi connectivity index (χ4v) is 2.94. The van der Waals surface area contributed by atoms with Gasteiger partial charge in [-0.15, -0.1) is 24.0 Å². The molecule has 0 aliphatic carbocycles. The molecular weight excluding hydrogens is 415 g/mol. The number of nitrogens with two attached hydrogens (primary N) is 1. The number of hydrogen-bond donors (Lipinski definition) is 3. The van der Waals surface area contributed by atoms with Gasteiger partial charge in [0.2, 0.25) is 10.0 Å². The maximum absolute atomic E-state index is 11.2. The number of sulfonamides is 1. The van der Waals surface area contributed by atoms with Crippen molar-refractivity contribution in [3.63, 3.8) is 0 Å². The number of halogens is 1. The smallest absolute Gasteiger partial charge is 0.209 e. The molecule has 126 valence electrons. The third-order valence-corrected chi connectivity index (χ3v) is 3.64. The molecule has 22 heavy (non-hydrogen) atoms. The van der Waals surface area contributed by atoms with Gasteiger partial charge < -0.3 is 11.1 Å². The van der Waals surface area contributed by atoms with Crippen molar-refractivity contribution >= 4 is 45.6 Å². The molecule has 0 bridgehead atoms. The van der Waals surface area contributed by atoms with Crippen molar-refractivity contribution < 1.29 is 8.42 Å². The first-order valence-electron chi connectivity index (χ1n) is 6.76. The lowest BCUT2D eigenvalue weighted by atomic mass is 10.1. The molecule has 0 aliphatic rings. The van der Waals surface area contributed by atoms with E-state index in [9.17, 15) is 8.42 Å². The van der Waals surface area contributed by atoms with Crippen molar-refractivity contribution in [2.75, 3.05) is 18.1 Å². The normalized spacial score (nSPS) is 12.6. The van der Waals surface area contributed by atoms with E-state index in [-0.39, 0.29) is 36.5 Å². The standard InChI is InChI=1S/C14H24N4O2S.HI/c1-5-11-7-6-8-12(9-11)17-13(15)16-10-14(2,3)18-21(4,19)20;/h6-9,18H,5,10H2,1-4H3,(H3,15,16,17);1H. The van der Waals surface area contributed by atoms with E-state index in [0.29, 0.717) is 0 Å². The molecule has 0 atom stereocenters. The minimum absolute atomic E-state index is 0. The van der Waals surface area contributed by atoms with Gasteiger partial charge in [0.15, 0.2) is 5.96 Å². The third kappa shape index (κ3) is 8.54. The largest absolute Gasteiger partial charge is 0.370 e. The molecule has 0 radical (unpaired) electrons. The van der Waals surface area contributed by atoms with Gasteiger partial charge in [0.05, 0.1) is 12.8 Å². The molecule has 0 spiro atoms. The first kappa shape index (κ1) is 21.1. The fraction of sp³-hybridized carbons (Fsp3) is 0.500. The molecule has 1 rings (SSSR count). The summed E-state index contributed by atoms with van der Waals surface area (Å²) in [4.78, 5) is 4.19. The summed E-state index contributed by atoms with van der Waals surface area (Å²) in [6.45, 7) is 5.83. The van der Waals surface area contributed by atoms with Crippen molar-refractivity contribution in [3.8, 4) is 0 Å². The van der Waals surface area contributed by atoms with E-state index in [1.807, 2.05) is 24.3 Å². The maximum atomic E-state index is 11.2. The Morgan fingerprint density at radius 3 is 2.55 bits per heavy atom. The number of nitrogens with one attached hydrogen (secondary N) is 2. The van der Waals surface area contributed by atoms with Crippen molar-refractivity contribution in [1.29, 1.82) is 0 Å². The summed E-state index contributed by atoms with van der Waals surface area (Å²) >= 11 is 0. The van der Waals surface area contributed by atoms with E-state index in [4.69, 9.17) is 5.73 Å². The second-order valence-corrected chi connectivity index (χ2v) is 7.39. The molecule has 0 amide bonds. The number of anilines is 1. The van der Waals surface area contributed by atoms with E-state index in [1.165, 1.54) is 5.56 Å². The van der Waals surface area contributed by atoms with Crippen molar-refractivity contribution in [3.05, 3.63) is 29.8 Å². The Kier molecular flexibility index (Phi) is 8.34. The van der Waals surface area contributed by atoms with E-state index in [0.717, 1.165) is 18.4 Å². The zero-order chi connectivity index (χ0) is 16.1. The number of guanidine groups is 1. The highest BCUT2D eigenvalue weighted by molar-refractivity contribution is 14.0. The first-order valence-corrected chi connectivity index (χ1v) is 8.65. The van der Waals surface area contributed by atoms with Crippen LogP contribution in [0.3, 0.4) is 0 Å². The number of aryl methyl sites for hydroxylation is 1. The zero-order valence-electron chi connectivity index (χ0n) is 13.4. The summed E-state index contributed by atoms with van der Waals surface area (Å²) in [7, 11) is -3.28. The Labute approximate surface area is 150 Å². The molecule has 0 saturated carbocycles. The van der Waals surface area contributed by atoms with Crippen molar-refractivity contribution in [2.45, 2.75) is 32.7 Å². The summed E-state index contributed by atoms with van der Waals surface area (Å²) in [6, 6.07) is 7.89. The molecule has 0 aliphatic heterocycles. The van der Waals surface area contributed by atoms with Gasteiger partial charge in [-0.05, 0) is 38.0 Å². The van der Waals surface area contributed by atoms with Crippen molar-refractivity contribution in [1.82, 2.24) is 4.72 Å². The van der Waals surface area contributed by atoms with Gasteiger partial charge in [-0.1, -0.05) is 19.1 Å². The second kappa shape index (κ2) is 8.68. The minimum atomic E-state index is -3.28. The Bertz CT molecular complexity index is 615. The van der Waals surface area contributed by atoms with Gasteiger partial charge in [0.25, 0.3) is 0 Å². The van der Waals surface area contributed by atoms with Gasteiger partial charge >= 0.3 is 0 Å². The average molecular weight is 440 g/mol. The number of hydrogen-bond acceptors (Lipinski definition) is 3. The quantitative estimate of drug-likeness (QED) is 0.358. The lowest BCUT2D eigenvalue weighted by molar-refractivity contribution is 0.466. The molecular formula is C14H25IN4O2S. The summed E-state index contributed by atoms with van der Waals surface area (Å²) in [5.41, 5.74) is 7.21. The van der Waals surface area contributed by atoms with Gasteiger partial charge in [-0.2, -0.15) is 0 Å². The van der Waals surface area contributed by atoms with Crippen LogP contribution < -0.4 is 15.8 Å². The molecule has 1 aromatic carbocycles. The van der Waals surface area contributed by atoms with Gasteiger partial charge in [0.1, 0.15) is 0 Å². The number of rotatable bonds is 6. The monoisotopic (exact) mass is 440 g/mol. The van der Waals surface area contributed by atoms with Crippen LogP contribution in [0.5, 0.6) is 0 Å². The predicted molar refractivity (Wildman–Crippen MR) is 103 cm³/mol. The Morgan fingerprint density at radius 1 is 1.36 bits per heavy atom. The van der Waals surface area contributed by atoms with Crippen LogP contribution >= 0.6 is 24.0 Å².